The second-order valence-electron chi connectivity index (χ2n) is 6.79. The molecule has 4 aromatic rings. The van der Waals surface area contributed by atoms with E-state index < -0.39 is 0 Å². The lowest BCUT2D eigenvalue weighted by Crippen LogP contribution is -2.23. The van der Waals surface area contributed by atoms with E-state index in [1.54, 1.807) is 12.5 Å². The summed E-state index contributed by atoms with van der Waals surface area (Å²) in [4.78, 5) is 20.6. The largest absolute Gasteiger partial charge is 0.463 e. The number of nitrogens with zero attached hydrogens (tertiary/aromatic N) is 1. The maximum atomic E-state index is 12.7. The molecule has 29 heavy (non-hydrogen) atoms. The van der Waals surface area contributed by atoms with Crippen molar-refractivity contribution in [2.24, 2.45) is 0 Å². The highest BCUT2D eigenvalue weighted by Crippen LogP contribution is 2.34. The zero-order valence-corrected chi connectivity index (χ0v) is 17.2. The Morgan fingerprint density at radius 3 is 2.52 bits per heavy atom. The Labute approximate surface area is 172 Å². The summed E-state index contributed by atoms with van der Waals surface area (Å²) in [7, 11) is 0. The number of amides is 1. The van der Waals surface area contributed by atoms with Crippen molar-refractivity contribution >= 4 is 23.4 Å². The molecule has 1 unspecified atom stereocenters. The first-order valence-electron chi connectivity index (χ1n) is 9.24. The average Bonchev–Trinajstić information content (AvgIpc) is 3.45. The van der Waals surface area contributed by atoms with E-state index >= 15 is 0 Å². The molecule has 7 heteroatoms. The Kier molecular flexibility index (Phi) is 5.31. The Morgan fingerprint density at radius 2 is 1.83 bits per heavy atom. The summed E-state index contributed by atoms with van der Waals surface area (Å²) in [6, 6.07) is 13.3. The van der Waals surface area contributed by atoms with Crippen LogP contribution in [0.1, 0.15) is 18.1 Å². The van der Waals surface area contributed by atoms with Crippen molar-refractivity contribution in [3.05, 3.63) is 66.1 Å². The number of imidazole rings is 1. The van der Waals surface area contributed by atoms with Gasteiger partial charge in [-0.15, -0.1) is 0 Å². The number of furan rings is 2. The molecule has 6 nitrogen and oxygen atoms in total. The SMILES string of the molecule is Cc1ccc(C)c(NC(=O)C(C)Sc2nc(-c3ccco3)c(-c3ccco3)[nH]2)c1. The van der Waals surface area contributed by atoms with Crippen molar-refractivity contribution in [3.8, 4) is 22.9 Å². The van der Waals surface area contributed by atoms with E-state index in [4.69, 9.17) is 8.83 Å². The van der Waals surface area contributed by atoms with E-state index in [1.807, 2.05) is 63.2 Å². The van der Waals surface area contributed by atoms with Gasteiger partial charge in [0.05, 0.1) is 17.8 Å². The number of rotatable bonds is 6. The van der Waals surface area contributed by atoms with Gasteiger partial charge in [-0.05, 0) is 62.2 Å². The third kappa shape index (κ3) is 4.14. The van der Waals surface area contributed by atoms with Gasteiger partial charge in [0.2, 0.25) is 5.91 Å². The van der Waals surface area contributed by atoms with Gasteiger partial charge < -0.3 is 19.1 Å². The average molecular weight is 407 g/mol. The minimum Gasteiger partial charge on any atom is -0.463 e. The molecule has 0 radical (unpaired) electrons. The Morgan fingerprint density at radius 1 is 1.10 bits per heavy atom. The third-order valence-corrected chi connectivity index (χ3v) is 5.50. The van der Waals surface area contributed by atoms with E-state index in [-0.39, 0.29) is 11.2 Å². The molecule has 0 fully saturated rings. The van der Waals surface area contributed by atoms with Gasteiger partial charge in [-0.25, -0.2) is 4.98 Å². The molecule has 0 aliphatic heterocycles. The predicted octanol–water partition coefficient (Wildman–Crippen LogP) is 5.67. The van der Waals surface area contributed by atoms with Crippen molar-refractivity contribution < 1.29 is 13.6 Å². The summed E-state index contributed by atoms with van der Waals surface area (Å²) in [5, 5.41) is 3.27. The highest BCUT2D eigenvalue weighted by atomic mass is 32.2. The van der Waals surface area contributed by atoms with Gasteiger partial charge in [0.25, 0.3) is 0 Å². The third-order valence-electron chi connectivity index (χ3n) is 4.51. The number of carbonyl (C=O) groups excluding carboxylic acids is 1. The van der Waals surface area contributed by atoms with Crippen LogP contribution in [-0.2, 0) is 4.79 Å². The second-order valence-corrected chi connectivity index (χ2v) is 8.12. The molecule has 0 saturated carbocycles. The van der Waals surface area contributed by atoms with Crippen LogP contribution in [0, 0.1) is 13.8 Å². The van der Waals surface area contributed by atoms with Gasteiger partial charge in [0.15, 0.2) is 16.7 Å². The van der Waals surface area contributed by atoms with Crippen LogP contribution in [0.2, 0.25) is 0 Å². The van der Waals surface area contributed by atoms with E-state index in [0.29, 0.717) is 22.4 Å². The van der Waals surface area contributed by atoms with Crippen molar-refractivity contribution in [2.45, 2.75) is 31.2 Å². The van der Waals surface area contributed by atoms with Gasteiger partial charge in [-0.3, -0.25) is 4.79 Å². The van der Waals surface area contributed by atoms with Crippen molar-refractivity contribution in [2.75, 3.05) is 5.32 Å². The number of H-pyrrole nitrogens is 1. The summed E-state index contributed by atoms with van der Waals surface area (Å²) in [6.45, 7) is 5.83. The van der Waals surface area contributed by atoms with Crippen LogP contribution in [-0.4, -0.2) is 21.1 Å². The lowest BCUT2D eigenvalue weighted by molar-refractivity contribution is -0.115. The van der Waals surface area contributed by atoms with E-state index in [2.05, 4.69) is 15.3 Å². The second kappa shape index (κ2) is 8.05. The predicted molar refractivity (Wildman–Crippen MR) is 114 cm³/mol. The molecule has 1 atom stereocenters. The highest BCUT2D eigenvalue weighted by molar-refractivity contribution is 8.00. The van der Waals surface area contributed by atoms with E-state index in [9.17, 15) is 4.79 Å². The molecule has 2 N–H and O–H groups in total. The van der Waals surface area contributed by atoms with Crippen molar-refractivity contribution in [1.82, 2.24) is 9.97 Å². The first-order chi connectivity index (χ1) is 14.0. The monoisotopic (exact) mass is 407 g/mol. The molecule has 1 amide bonds. The van der Waals surface area contributed by atoms with Crippen LogP contribution in [0.25, 0.3) is 22.9 Å². The zero-order chi connectivity index (χ0) is 20.4. The number of anilines is 1. The fourth-order valence-corrected chi connectivity index (χ4v) is 3.73. The van der Waals surface area contributed by atoms with Crippen LogP contribution in [0.5, 0.6) is 0 Å². The van der Waals surface area contributed by atoms with Gasteiger partial charge in [-0.1, -0.05) is 23.9 Å². The molecule has 3 heterocycles. The highest BCUT2D eigenvalue weighted by Gasteiger charge is 2.22. The Balaban J connectivity index is 1.55. The van der Waals surface area contributed by atoms with E-state index in [1.165, 1.54) is 11.8 Å². The molecule has 1 aromatic carbocycles. The maximum absolute atomic E-state index is 12.7. The number of thioether (sulfide) groups is 1. The van der Waals surface area contributed by atoms with Crippen LogP contribution in [0.15, 0.2) is 69.0 Å². The normalized spacial score (nSPS) is 12.1. The van der Waals surface area contributed by atoms with Crippen LogP contribution < -0.4 is 5.32 Å². The molecule has 0 aliphatic carbocycles. The van der Waals surface area contributed by atoms with Gasteiger partial charge in [-0.2, -0.15) is 0 Å². The number of hydrogen-bond donors (Lipinski definition) is 2. The quantitative estimate of drug-likeness (QED) is 0.403. The number of aromatic nitrogens is 2. The van der Waals surface area contributed by atoms with Crippen LogP contribution in [0.4, 0.5) is 5.69 Å². The minimum atomic E-state index is -0.352. The number of hydrogen-bond acceptors (Lipinski definition) is 5. The van der Waals surface area contributed by atoms with Crippen molar-refractivity contribution in [3.63, 3.8) is 0 Å². The molecular weight excluding hydrogens is 386 g/mol. The minimum absolute atomic E-state index is 0.0841. The molecule has 148 valence electrons. The summed E-state index contributed by atoms with van der Waals surface area (Å²) in [5.74, 6) is 1.20. The molecule has 0 aliphatic rings. The molecule has 3 aromatic heterocycles. The Bertz CT molecular complexity index is 1060. The standard InChI is InChI=1S/C22H21N3O3S/c1-13-8-9-14(2)16(12-13)23-21(26)15(3)29-22-24-19(17-6-4-10-27-17)20(25-22)18-7-5-11-28-18/h4-12,15H,1-3H3,(H,23,26)(H,24,25). The number of carbonyl (C=O) groups is 1. The first-order valence-corrected chi connectivity index (χ1v) is 10.1. The zero-order valence-electron chi connectivity index (χ0n) is 16.4. The van der Waals surface area contributed by atoms with Crippen LogP contribution in [0.3, 0.4) is 0 Å². The maximum Gasteiger partial charge on any atom is 0.237 e. The fraction of sp³-hybridized carbons (Fsp3) is 0.182. The fourth-order valence-electron chi connectivity index (χ4n) is 2.92. The number of aryl methyl sites for hydroxylation is 2. The topological polar surface area (TPSA) is 84.1 Å². The van der Waals surface area contributed by atoms with Gasteiger partial charge >= 0.3 is 0 Å². The van der Waals surface area contributed by atoms with Gasteiger partial charge in [0.1, 0.15) is 11.4 Å². The lowest BCUT2D eigenvalue weighted by atomic mass is 10.1. The summed E-state index contributed by atoms with van der Waals surface area (Å²) < 4.78 is 11.0. The molecular formula is C22H21N3O3S. The Hall–Kier alpha value is -3.19. The summed E-state index contributed by atoms with van der Waals surface area (Å²) in [6.07, 6.45) is 3.21. The number of aromatic amines is 1. The number of benzene rings is 1. The molecule has 0 saturated heterocycles. The summed E-state index contributed by atoms with van der Waals surface area (Å²) in [5.41, 5.74) is 4.32. The first kappa shape index (κ1) is 19.1. The molecule has 0 spiro atoms. The van der Waals surface area contributed by atoms with E-state index in [0.717, 1.165) is 22.5 Å². The van der Waals surface area contributed by atoms with Crippen molar-refractivity contribution in [1.29, 1.82) is 0 Å². The van der Waals surface area contributed by atoms with Gasteiger partial charge in [0, 0.05) is 5.69 Å². The van der Waals surface area contributed by atoms with Crippen LogP contribution >= 0.6 is 11.8 Å². The lowest BCUT2D eigenvalue weighted by Gasteiger charge is -2.13. The summed E-state index contributed by atoms with van der Waals surface area (Å²) >= 11 is 1.35. The molecule has 4 rings (SSSR count). The number of nitrogens with one attached hydrogen (secondary N) is 2. The molecule has 0 bridgehead atoms. The smallest absolute Gasteiger partial charge is 0.237 e.